The van der Waals surface area contributed by atoms with Crippen molar-refractivity contribution in [1.82, 2.24) is 9.97 Å². The van der Waals surface area contributed by atoms with Gasteiger partial charge < -0.3 is 9.47 Å². The van der Waals surface area contributed by atoms with E-state index in [0.29, 0.717) is 6.61 Å². The first-order valence-corrected chi connectivity index (χ1v) is 8.89. The van der Waals surface area contributed by atoms with E-state index in [1.165, 1.54) is 5.56 Å². The van der Waals surface area contributed by atoms with Crippen LogP contribution in [0.25, 0.3) is 0 Å². The van der Waals surface area contributed by atoms with Crippen LogP contribution in [-0.2, 0) is 13.0 Å². The molecule has 0 atom stereocenters. The molecule has 5 rings (SSSR count). The van der Waals surface area contributed by atoms with E-state index in [-0.39, 0.29) is 0 Å². The smallest absolute Gasteiger partial charge is 0.181 e. The van der Waals surface area contributed by atoms with Crippen LogP contribution in [0.2, 0.25) is 0 Å². The summed E-state index contributed by atoms with van der Waals surface area (Å²) in [5.41, 5.74) is 4.28. The average Bonchev–Trinajstić information content (AvgIpc) is 2.84. The zero-order valence-corrected chi connectivity index (χ0v) is 14.6. The van der Waals surface area contributed by atoms with Crippen LogP contribution in [-0.4, -0.2) is 16.6 Å². The Hall–Kier alpha value is -3.08. The maximum Gasteiger partial charge on any atom is 0.181 e. The Bertz CT molecular complexity index is 987. The molecule has 0 radical (unpaired) electrons. The molecule has 0 amide bonds. The first-order chi connectivity index (χ1) is 12.8. The molecular weight excluding hydrogens is 326 g/mol. The zero-order valence-electron chi connectivity index (χ0n) is 14.6. The zero-order chi connectivity index (χ0) is 17.5. The summed E-state index contributed by atoms with van der Waals surface area (Å²) in [5.74, 6) is 3.27. The van der Waals surface area contributed by atoms with E-state index in [0.717, 1.165) is 59.4 Å². The minimum absolute atomic E-state index is 0.466. The van der Waals surface area contributed by atoms with Crippen LogP contribution >= 0.6 is 0 Å². The van der Waals surface area contributed by atoms with Gasteiger partial charge in [-0.15, -0.1) is 0 Å². The number of ether oxygens (including phenoxy) is 2. The Kier molecular flexibility index (Phi) is 3.52. The first kappa shape index (κ1) is 15.2. The van der Waals surface area contributed by atoms with E-state index in [9.17, 15) is 0 Å². The fraction of sp³-hybridized carbons (Fsp3) is 0.238. The molecule has 5 heteroatoms. The predicted molar refractivity (Wildman–Crippen MR) is 99.6 cm³/mol. The van der Waals surface area contributed by atoms with Gasteiger partial charge in [-0.1, -0.05) is 18.2 Å². The van der Waals surface area contributed by atoms with Crippen LogP contribution in [0.15, 0.2) is 48.8 Å². The molecule has 26 heavy (non-hydrogen) atoms. The van der Waals surface area contributed by atoms with Crippen LogP contribution in [0.1, 0.15) is 23.1 Å². The highest BCUT2D eigenvalue weighted by molar-refractivity contribution is 5.82. The van der Waals surface area contributed by atoms with Crippen molar-refractivity contribution in [2.45, 2.75) is 26.4 Å². The fourth-order valence-corrected chi connectivity index (χ4v) is 3.59. The summed E-state index contributed by atoms with van der Waals surface area (Å²) in [5, 5.41) is 0. The molecule has 5 nitrogen and oxygen atoms in total. The van der Waals surface area contributed by atoms with Crippen molar-refractivity contribution in [3.63, 3.8) is 0 Å². The molecule has 0 fully saturated rings. The van der Waals surface area contributed by atoms with Crippen molar-refractivity contribution in [2.75, 3.05) is 11.5 Å². The molecule has 0 spiro atoms. The number of para-hydroxylation sites is 1. The lowest BCUT2D eigenvalue weighted by molar-refractivity contribution is 0.289. The number of benzene rings is 1. The Morgan fingerprint density at radius 3 is 2.88 bits per heavy atom. The van der Waals surface area contributed by atoms with Crippen molar-refractivity contribution in [2.24, 2.45) is 0 Å². The number of anilines is 3. The van der Waals surface area contributed by atoms with Gasteiger partial charge in [-0.05, 0) is 49.1 Å². The van der Waals surface area contributed by atoms with E-state index >= 15 is 0 Å². The second kappa shape index (κ2) is 6.02. The largest absolute Gasteiger partial charge is 0.491 e. The summed E-state index contributed by atoms with van der Waals surface area (Å²) in [7, 11) is 0. The SMILES string of the molecule is Cc1cnc2c(c1)OCc1cccnc1N2c1cccc2c1OCCC2. The highest BCUT2D eigenvalue weighted by Gasteiger charge is 2.29. The van der Waals surface area contributed by atoms with E-state index in [1.54, 1.807) is 6.20 Å². The van der Waals surface area contributed by atoms with Crippen molar-refractivity contribution in [3.8, 4) is 11.5 Å². The highest BCUT2D eigenvalue weighted by Crippen LogP contribution is 2.47. The average molecular weight is 345 g/mol. The topological polar surface area (TPSA) is 47.5 Å². The summed E-state index contributed by atoms with van der Waals surface area (Å²) in [4.78, 5) is 11.4. The molecule has 0 bridgehead atoms. The number of aryl methyl sites for hydroxylation is 2. The van der Waals surface area contributed by atoms with Gasteiger partial charge in [0.1, 0.15) is 18.2 Å². The number of hydrogen-bond donors (Lipinski definition) is 0. The minimum Gasteiger partial charge on any atom is -0.491 e. The quantitative estimate of drug-likeness (QED) is 0.651. The Labute approximate surface area is 152 Å². The van der Waals surface area contributed by atoms with Crippen LogP contribution in [0.4, 0.5) is 17.3 Å². The lowest BCUT2D eigenvalue weighted by Crippen LogP contribution is -2.18. The second-order valence-electron chi connectivity index (χ2n) is 6.66. The Morgan fingerprint density at radius 2 is 1.92 bits per heavy atom. The van der Waals surface area contributed by atoms with Crippen LogP contribution < -0.4 is 14.4 Å². The summed E-state index contributed by atoms with van der Waals surface area (Å²) in [6, 6.07) is 12.3. The van der Waals surface area contributed by atoms with Gasteiger partial charge in [-0.2, -0.15) is 0 Å². The van der Waals surface area contributed by atoms with Crippen molar-refractivity contribution in [1.29, 1.82) is 0 Å². The molecule has 2 aliphatic rings. The molecule has 3 aromatic rings. The third-order valence-corrected chi connectivity index (χ3v) is 4.80. The molecule has 2 aromatic heterocycles. The van der Waals surface area contributed by atoms with Gasteiger partial charge in [0.15, 0.2) is 11.6 Å². The van der Waals surface area contributed by atoms with Gasteiger partial charge in [0.05, 0.1) is 12.3 Å². The van der Waals surface area contributed by atoms with Gasteiger partial charge in [-0.3, -0.25) is 4.90 Å². The molecule has 130 valence electrons. The summed E-state index contributed by atoms with van der Waals surface area (Å²) >= 11 is 0. The van der Waals surface area contributed by atoms with E-state index in [4.69, 9.17) is 9.47 Å². The molecule has 0 saturated carbocycles. The maximum atomic E-state index is 6.07. The summed E-state index contributed by atoms with van der Waals surface area (Å²) in [6.45, 7) is 3.22. The van der Waals surface area contributed by atoms with Gasteiger partial charge in [0.2, 0.25) is 0 Å². The molecule has 0 unspecified atom stereocenters. The Balaban J connectivity index is 1.78. The summed E-state index contributed by atoms with van der Waals surface area (Å²) < 4.78 is 12.1. The van der Waals surface area contributed by atoms with Gasteiger partial charge >= 0.3 is 0 Å². The molecule has 0 saturated heterocycles. The van der Waals surface area contributed by atoms with Gasteiger partial charge in [0, 0.05) is 18.0 Å². The standard InChI is InChI=1S/C21H19N3O2/c1-14-11-18-21(23-12-14)24(20-16(13-26-18)6-3-9-22-20)17-8-2-5-15-7-4-10-25-19(15)17/h2-3,5-6,8-9,11-12H,4,7,10,13H2,1H3. The van der Waals surface area contributed by atoms with Crippen LogP contribution in [0, 0.1) is 6.92 Å². The van der Waals surface area contributed by atoms with Crippen LogP contribution in [0.5, 0.6) is 11.5 Å². The lowest BCUT2D eigenvalue weighted by atomic mass is 10.0. The number of nitrogens with zero attached hydrogens (tertiary/aromatic N) is 3. The van der Waals surface area contributed by atoms with Crippen molar-refractivity contribution in [3.05, 3.63) is 65.5 Å². The fourth-order valence-electron chi connectivity index (χ4n) is 3.59. The second-order valence-corrected chi connectivity index (χ2v) is 6.66. The van der Waals surface area contributed by atoms with Crippen LogP contribution in [0.3, 0.4) is 0 Å². The number of rotatable bonds is 1. The van der Waals surface area contributed by atoms with Crippen molar-refractivity contribution < 1.29 is 9.47 Å². The lowest BCUT2D eigenvalue weighted by Gasteiger charge is -2.28. The third-order valence-electron chi connectivity index (χ3n) is 4.80. The van der Waals surface area contributed by atoms with E-state index in [2.05, 4.69) is 33.1 Å². The number of fused-ring (bicyclic) bond motifs is 3. The number of pyridine rings is 2. The Morgan fingerprint density at radius 1 is 1.00 bits per heavy atom. The third kappa shape index (κ3) is 2.39. The summed E-state index contributed by atoms with van der Waals surface area (Å²) in [6.07, 6.45) is 5.74. The molecular formula is C21H19N3O2. The number of hydrogen-bond acceptors (Lipinski definition) is 5. The number of aromatic nitrogens is 2. The molecule has 0 aliphatic carbocycles. The van der Waals surface area contributed by atoms with Gasteiger partial charge in [0.25, 0.3) is 0 Å². The molecule has 0 N–H and O–H groups in total. The van der Waals surface area contributed by atoms with E-state index in [1.807, 2.05) is 31.3 Å². The maximum absolute atomic E-state index is 6.07. The van der Waals surface area contributed by atoms with Crippen molar-refractivity contribution >= 4 is 17.3 Å². The minimum atomic E-state index is 0.466. The molecule has 1 aromatic carbocycles. The highest BCUT2D eigenvalue weighted by atomic mass is 16.5. The molecule has 4 heterocycles. The monoisotopic (exact) mass is 345 g/mol. The normalized spacial score (nSPS) is 15.0. The van der Waals surface area contributed by atoms with Gasteiger partial charge in [-0.25, -0.2) is 9.97 Å². The molecule has 2 aliphatic heterocycles. The van der Waals surface area contributed by atoms with E-state index < -0.39 is 0 Å². The first-order valence-electron chi connectivity index (χ1n) is 8.89. The predicted octanol–water partition coefficient (Wildman–Crippen LogP) is 4.47.